The van der Waals surface area contributed by atoms with Crippen LogP contribution in [0.1, 0.15) is 44.4 Å². The van der Waals surface area contributed by atoms with Crippen molar-refractivity contribution < 1.29 is 43.4 Å². The third-order valence-electron chi connectivity index (χ3n) is 9.01. The van der Waals surface area contributed by atoms with Crippen molar-refractivity contribution in [1.29, 1.82) is 0 Å². The van der Waals surface area contributed by atoms with Gasteiger partial charge in [-0.3, -0.25) is 24.0 Å². The number of phenolic OH excluding ortho intramolecular Hbond substituents is 1. The van der Waals surface area contributed by atoms with E-state index < -0.39 is 87.6 Å². The van der Waals surface area contributed by atoms with Gasteiger partial charge in [-0.05, 0) is 75.1 Å². The molecule has 14 nitrogen and oxygen atoms in total. The quantitative estimate of drug-likeness (QED) is 0.131. The van der Waals surface area contributed by atoms with Gasteiger partial charge in [0.1, 0.15) is 35.7 Å². The minimum absolute atomic E-state index is 0.0429. The number of aromatic hydroxyl groups is 1. The molecule has 0 bridgehead atoms. The average molecular weight is 811 g/mol. The third-order valence-corrected chi connectivity index (χ3v) is 13.3. The van der Waals surface area contributed by atoms with E-state index in [1.807, 2.05) is 0 Å². The van der Waals surface area contributed by atoms with Gasteiger partial charge in [-0.25, -0.2) is 9.18 Å². The fourth-order valence-corrected chi connectivity index (χ4v) is 8.60. The summed E-state index contributed by atoms with van der Waals surface area (Å²) < 4.78 is 11.4. The maximum absolute atomic E-state index is 14.1. The Morgan fingerprint density at radius 1 is 0.839 bits per heavy atom. The number of benzene rings is 3. The van der Waals surface area contributed by atoms with E-state index in [9.17, 15) is 43.4 Å². The standard InChI is InChI=1S/C39H47FN6O8S2/c1-38(2)31(45-33(49)27(41)18-23-12-16-26(47)17-13-23)35(51)42-21-30(48)43-28(19-24-10-14-25(40)15-11-24)34(50)46-32(39(3,4)56-55-38)36(52)44-29(37(53)54)20-22-8-6-5-7-9-22/h5-17,27-29,31-32,47H,18-21,41H2,1-4H3,(H,42,51)(H,43,48)(H,44,52)(H,45,49)(H,46,50)(H,53,54)/t27-,28-,29-,31?,32+/m0/s1. The molecule has 4 rings (SSSR count). The summed E-state index contributed by atoms with van der Waals surface area (Å²) in [5, 5.41) is 32.9. The van der Waals surface area contributed by atoms with Crippen molar-refractivity contribution in [3.63, 3.8) is 0 Å². The number of amides is 5. The monoisotopic (exact) mass is 810 g/mol. The van der Waals surface area contributed by atoms with Gasteiger partial charge < -0.3 is 42.5 Å². The van der Waals surface area contributed by atoms with Gasteiger partial charge >= 0.3 is 5.97 Å². The molecular formula is C39H47FN6O8S2. The lowest BCUT2D eigenvalue weighted by molar-refractivity contribution is -0.142. The molecular weight excluding hydrogens is 764 g/mol. The number of phenols is 1. The predicted octanol–water partition coefficient (Wildman–Crippen LogP) is 1.98. The molecule has 3 aromatic carbocycles. The first-order valence-electron chi connectivity index (χ1n) is 17.7. The van der Waals surface area contributed by atoms with Gasteiger partial charge in [-0.2, -0.15) is 0 Å². The Kier molecular flexibility index (Phi) is 14.9. The van der Waals surface area contributed by atoms with Gasteiger partial charge in [-0.15, -0.1) is 0 Å². The topological polar surface area (TPSA) is 229 Å². The number of aliphatic carboxylic acids is 1. The molecule has 0 saturated carbocycles. The van der Waals surface area contributed by atoms with E-state index in [2.05, 4.69) is 26.6 Å². The molecule has 1 aliphatic rings. The summed E-state index contributed by atoms with van der Waals surface area (Å²) in [6.45, 7) is 6.06. The zero-order valence-electron chi connectivity index (χ0n) is 31.3. The van der Waals surface area contributed by atoms with Crippen molar-refractivity contribution in [3.05, 3.63) is 101 Å². The molecule has 5 atom stereocenters. The molecule has 300 valence electrons. The molecule has 0 aromatic heterocycles. The number of rotatable bonds is 11. The van der Waals surface area contributed by atoms with E-state index in [4.69, 9.17) is 5.73 Å². The normalized spacial score (nSPS) is 21.2. The molecule has 0 spiro atoms. The fraction of sp³-hybridized carbons (Fsp3) is 0.385. The highest BCUT2D eigenvalue weighted by molar-refractivity contribution is 8.77. The smallest absolute Gasteiger partial charge is 0.326 e. The van der Waals surface area contributed by atoms with Gasteiger partial charge in [0.05, 0.1) is 12.6 Å². The second-order valence-corrected chi connectivity index (χ2v) is 17.9. The van der Waals surface area contributed by atoms with Crippen molar-refractivity contribution in [2.24, 2.45) is 5.73 Å². The molecule has 1 aliphatic heterocycles. The van der Waals surface area contributed by atoms with Crippen LogP contribution in [0.3, 0.4) is 0 Å². The van der Waals surface area contributed by atoms with E-state index in [1.54, 1.807) is 70.2 Å². The second kappa shape index (κ2) is 19.1. The minimum Gasteiger partial charge on any atom is -0.508 e. The van der Waals surface area contributed by atoms with Gasteiger partial charge in [0, 0.05) is 22.3 Å². The summed E-state index contributed by atoms with van der Waals surface area (Å²) in [4.78, 5) is 81.1. The molecule has 1 heterocycles. The first-order valence-corrected chi connectivity index (χ1v) is 19.9. The zero-order chi connectivity index (χ0) is 41.2. The number of carbonyl (C=O) groups is 6. The molecule has 3 aromatic rings. The fourth-order valence-electron chi connectivity index (χ4n) is 5.78. The number of hydrogen-bond acceptors (Lipinski definition) is 10. The molecule has 1 saturated heterocycles. The maximum Gasteiger partial charge on any atom is 0.326 e. The summed E-state index contributed by atoms with van der Waals surface area (Å²) in [5.74, 6) is -5.54. The van der Waals surface area contributed by atoms with Gasteiger partial charge in [-0.1, -0.05) is 76.2 Å². The summed E-state index contributed by atoms with van der Waals surface area (Å²) in [6, 6.07) is 13.6. The molecule has 1 unspecified atom stereocenters. The van der Waals surface area contributed by atoms with E-state index in [1.165, 1.54) is 36.4 Å². The Morgan fingerprint density at radius 2 is 1.43 bits per heavy atom. The SMILES string of the molecule is CC1(C)SSC(C)(C)[C@@H](C(=O)N[C@@H](Cc2ccccc2)C(=O)O)NC(=O)[C@H](Cc2ccc(F)cc2)NC(=O)CNC(=O)C1NC(=O)[C@@H](N)Cc1ccc(O)cc1. The Bertz CT molecular complexity index is 1880. The number of carboxylic acid groups (broad SMARTS) is 1. The number of nitrogens with one attached hydrogen (secondary N) is 5. The van der Waals surface area contributed by atoms with Gasteiger partial charge in [0.15, 0.2) is 0 Å². The van der Waals surface area contributed by atoms with Crippen molar-refractivity contribution in [2.45, 2.75) is 86.7 Å². The predicted molar refractivity (Wildman–Crippen MR) is 212 cm³/mol. The van der Waals surface area contributed by atoms with E-state index >= 15 is 0 Å². The molecule has 17 heteroatoms. The molecule has 9 N–H and O–H groups in total. The summed E-state index contributed by atoms with van der Waals surface area (Å²) in [7, 11) is 2.25. The van der Waals surface area contributed by atoms with Crippen LogP contribution >= 0.6 is 21.6 Å². The largest absolute Gasteiger partial charge is 0.508 e. The number of hydrogen-bond donors (Lipinski definition) is 8. The van der Waals surface area contributed by atoms with Crippen molar-refractivity contribution in [3.8, 4) is 5.75 Å². The Morgan fingerprint density at radius 3 is 2.05 bits per heavy atom. The second-order valence-electron chi connectivity index (χ2n) is 14.5. The highest BCUT2D eigenvalue weighted by Gasteiger charge is 2.45. The average Bonchev–Trinajstić information content (AvgIpc) is 3.15. The van der Waals surface area contributed by atoms with Crippen LogP contribution in [0.2, 0.25) is 0 Å². The Labute approximate surface area is 332 Å². The van der Waals surface area contributed by atoms with Crippen LogP contribution < -0.4 is 32.3 Å². The highest BCUT2D eigenvalue weighted by Crippen LogP contribution is 2.46. The lowest BCUT2D eigenvalue weighted by atomic mass is 9.98. The summed E-state index contributed by atoms with van der Waals surface area (Å²) in [6.07, 6.45) is -0.0862. The van der Waals surface area contributed by atoms with Crippen LogP contribution in [-0.2, 0) is 48.0 Å². The van der Waals surface area contributed by atoms with E-state index in [0.29, 0.717) is 16.7 Å². The molecule has 1 fully saturated rings. The van der Waals surface area contributed by atoms with Crippen molar-refractivity contribution in [1.82, 2.24) is 26.6 Å². The maximum atomic E-state index is 14.1. The first-order chi connectivity index (χ1) is 26.3. The Balaban J connectivity index is 1.67. The van der Waals surface area contributed by atoms with E-state index in [0.717, 1.165) is 21.6 Å². The van der Waals surface area contributed by atoms with Crippen molar-refractivity contribution >= 4 is 57.1 Å². The molecule has 0 aliphatic carbocycles. The van der Waals surface area contributed by atoms with Crippen LogP contribution in [0.15, 0.2) is 78.9 Å². The number of carboxylic acids is 1. The van der Waals surface area contributed by atoms with Gasteiger partial charge in [0.2, 0.25) is 29.5 Å². The van der Waals surface area contributed by atoms with E-state index in [-0.39, 0.29) is 25.0 Å². The van der Waals surface area contributed by atoms with Gasteiger partial charge in [0.25, 0.3) is 0 Å². The molecule has 0 radical (unpaired) electrons. The zero-order valence-corrected chi connectivity index (χ0v) is 33.0. The summed E-state index contributed by atoms with van der Waals surface area (Å²) >= 11 is 0. The van der Waals surface area contributed by atoms with Crippen molar-refractivity contribution in [2.75, 3.05) is 6.54 Å². The number of halogens is 1. The lowest BCUT2D eigenvalue weighted by Gasteiger charge is -2.39. The van der Waals surface area contributed by atoms with Crippen LogP contribution in [0.5, 0.6) is 5.75 Å². The van der Waals surface area contributed by atoms with Crippen LogP contribution in [0.4, 0.5) is 4.39 Å². The number of nitrogens with two attached hydrogens (primary N) is 1. The van der Waals surface area contributed by atoms with Crippen LogP contribution in [0, 0.1) is 5.82 Å². The lowest BCUT2D eigenvalue weighted by Crippen LogP contribution is -2.63. The summed E-state index contributed by atoms with van der Waals surface area (Å²) in [5.41, 5.74) is 8.04. The van der Waals surface area contributed by atoms with Crippen LogP contribution in [0.25, 0.3) is 0 Å². The highest BCUT2D eigenvalue weighted by atomic mass is 33.1. The Hall–Kier alpha value is -5.13. The molecule has 5 amide bonds. The third kappa shape index (κ3) is 12.4. The molecule has 56 heavy (non-hydrogen) atoms. The van der Waals surface area contributed by atoms with Crippen LogP contribution in [-0.4, -0.2) is 92.0 Å². The number of carbonyl (C=O) groups excluding carboxylic acids is 5. The minimum atomic E-state index is -1.41. The first kappa shape index (κ1) is 43.6.